The molecular formula is C19H21NO5. The zero-order chi connectivity index (χ0) is 18.2. The number of nitrogens with one attached hydrogen (secondary N) is 1. The molecule has 0 aliphatic heterocycles. The van der Waals surface area contributed by atoms with Crippen LogP contribution in [-0.2, 0) is 9.53 Å². The number of esters is 1. The Morgan fingerprint density at radius 1 is 1.08 bits per heavy atom. The summed E-state index contributed by atoms with van der Waals surface area (Å²) >= 11 is 0. The first-order valence-electron chi connectivity index (χ1n) is 7.93. The van der Waals surface area contributed by atoms with Gasteiger partial charge in [0.2, 0.25) is 0 Å². The lowest BCUT2D eigenvalue weighted by molar-refractivity contribution is -0.122. The topological polar surface area (TPSA) is 73.9 Å². The summed E-state index contributed by atoms with van der Waals surface area (Å²) in [5.74, 6) is 0.354. The van der Waals surface area contributed by atoms with E-state index in [2.05, 4.69) is 5.32 Å². The summed E-state index contributed by atoms with van der Waals surface area (Å²) in [6, 6.07) is 13.6. The molecule has 0 unspecified atom stereocenters. The van der Waals surface area contributed by atoms with Gasteiger partial charge in [-0.25, -0.2) is 4.79 Å². The van der Waals surface area contributed by atoms with Crippen molar-refractivity contribution in [1.29, 1.82) is 0 Å². The van der Waals surface area contributed by atoms with Gasteiger partial charge in [0.05, 0.1) is 25.0 Å². The molecule has 0 aromatic heterocycles. The van der Waals surface area contributed by atoms with Crippen molar-refractivity contribution in [2.75, 3.05) is 19.0 Å². The highest BCUT2D eigenvalue weighted by atomic mass is 16.5. The first-order valence-corrected chi connectivity index (χ1v) is 7.93. The SMILES string of the molecule is CCOC(=O)c1ccc(O[C@@H](C)C(=O)Nc2ccccc2OC)cc1. The van der Waals surface area contributed by atoms with Crippen LogP contribution in [0.5, 0.6) is 11.5 Å². The fourth-order valence-corrected chi connectivity index (χ4v) is 2.12. The van der Waals surface area contributed by atoms with Gasteiger partial charge in [0.15, 0.2) is 6.10 Å². The lowest BCUT2D eigenvalue weighted by atomic mass is 10.2. The Morgan fingerprint density at radius 3 is 2.40 bits per heavy atom. The molecule has 0 radical (unpaired) electrons. The van der Waals surface area contributed by atoms with Gasteiger partial charge in [0.1, 0.15) is 11.5 Å². The average Bonchev–Trinajstić information content (AvgIpc) is 2.63. The van der Waals surface area contributed by atoms with Crippen molar-refractivity contribution in [2.45, 2.75) is 20.0 Å². The largest absolute Gasteiger partial charge is 0.495 e. The number of hydrogen-bond donors (Lipinski definition) is 1. The molecule has 6 heteroatoms. The number of carbonyl (C=O) groups excluding carboxylic acids is 2. The minimum absolute atomic E-state index is 0.307. The zero-order valence-electron chi connectivity index (χ0n) is 14.4. The fourth-order valence-electron chi connectivity index (χ4n) is 2.12. The normalized spacial score (nSPS) is 11.3. The van der Waals surface area contributed by atoms with Crippen LogP contribution in [-0.4, -0.2) is 31.7 Å². The fraction of sp³-hybridized carbons (Fsp3) is 0.263. The maximum absolute atomic E-state index is 12.3. The molecule has 1 amide bonds. The quantitative estimate of drug-likeness (QED) is 0.781. The van der Waals surface area contributed by atoms with Gasteiger partial charge < -0.3 is 19.5 Å². The van der Waals surface area contributed by atoms with E-state index in [-0.39, 0.29) is 5.91 Å². The summed E-state index contributed by atoms with van der Waals surface area (Å²) < 4.78 is 15.7. The molecule has 2 rings (SSSR count). The van der Waals surface area contributed by atoms with Gasteiger partial charge in [0.25, 0.3) is 5.91 Å². The van der Waals surface area contributed by atoms with Crippen molar-refractivity contribution in [3.05, 3.63) is 54.1 Å². The molecule has 0 fully saturated rings. The van der Waals surface area contributed by atoms with Gasteiger partial charge in [-0.05, 0) is 50.2 Å². The molecule has 2 aromatic rings. The average molecular weight is 343 g/mol. The zero-order valence-corrected chi connectivity index (χ0v) is 14.4. The highest BCUT2D eigenvalue weighted by molar-refractivity contribution is 5.95. The standard InChI is InChI=1S/C19H21NO5/c1-4-24-19(22)14-9-11-15(12-10-14)25-13(2)18(21)20-16-7-5-6-8-17(16)23-3/h5-13H,4H2,1-3H3,(H,20,21)/t13-/m0/s1. The number of methoxy groups -OCH3 is 1. The van der Waals surface area contributed by atoms with Crippen LogP contribution in [0.15, 0.2) is 48.5 Å². The summed E-state index contributed by atoms with van der Waals surface area (Å²) in [4.78, 5) is 23.9. The second kappa shape index (κ2) is 8.73. The molecule has 0 saturated carbocycles. The first kappa shape index (κ1) is 18.3. The number of rotatable bonds is 7. The van der Waals surface area contributed by atoms with Crippen molar-refractivity contribution in [1.82, 2.24) is 0 Å². The Kier molecular flexibility index (Phi) is 6.39. The summed E-state index contributed by atoms with van der Waals surface area (Å²) in [5.41, 5.74) is 1.00. The van der Waals surface area contributed by atoms with E-state index in [1.165, 1.54) is 7.11 Å². The molecule has 0 spiro atoms. The summed E-state index contributed by atoms with van der Waals surface area (Å²) in [7, 11) is 1.54. The molecule has 0 heterocycles. The molecule has 0 saturated heterocycles. The third kappa shape index (κ3) is 4.97. The van der Waals surface area contributed by atoms with Gasteiger partial charge >= 0.3 is 5.97 Å². The highest BCUT2D eigenvalue weighted by Gasteiger charge is 2.17. The number of hydrogen-bond acceptors (Lipinski definition) is 5. The predicted molar refractivity (Wildman–Crippen MR) is 94.1 cm³/mol. The van der Waals surface area contributed by atoms with Crippen LogP contribution in [0.25, 0.3) is 0 Å². The van der Waals surface area contributed by atoms with E-state index in [4.69, 9.17) is 14.2 Å². The molecular weight excluding hydrogens is 322 g/mol. The monoisotopic (exact) mass is 343 g/mol. The van der Waals surface area contributed by atoms with Crippen molar-refractivity contribution >= 4 is 17.6 Å². The summed E-state index contributed by atoms with van der Waals surface area (Å²) in [6.07, 6.45) is -0.724. The molecule has 0 aliphatic carbocycles. The van der Waals surface area contributed by atoms with Crippen LogP contribution in [0, 0.1) is 0 Å². The molecule has 25 heavy (non-hydrogen) atoms. The van der Waals surface area contributed by atoms with Crippen LogP contribution >= 0.6 is 0 Å². The third-order valence-electron chi connectivity index (χ3n) is 3.41. The number of carbonyl (C=O) groups is 2. The number of benzene rings is 2. The van der Waals surface area contributed by atoms with Gasteiger partial charge in [-0.1, -0.05) is 12.1 Å². The number of para-hydroxylation sites is 2. The van der Waals surface area contributed by atoms with E-state index in [1.54, 1.807) is 56.3 Å². The van der Waals surface area contributed by atoms with Crippen molar-refractivity contribution in [3.8, 4) is 11.5 Å². The lowest BCUT2D eigenvalue weighted by Crippen LogP contribution is -2.30. The molecule has 6 nitrogen and oxygen atoms in total. The minimum Gasteiger partial charge on any atom is -0.495 e. The van der Waals surface area contributed by atoms with E-state index in [1.807, 2.05) is 6.07 Å². The maximum atomic E-state index is 12.3. The molecule has 1 N–H and O–H groups in total. The summed E-state index contributed by atoms with van der Waals surface area (Å²) in [6.45, 7) is 3.71. The van der Waals surface area contributed by atoms with Crippen LogP contribution in [0.1, 0.15) is 24.2 Å². The van der Waals surface area contributed by atoms with E-state index < -0.39 is 12.1 Å². The number of anilines is 1. The Labute approximate surface area is 146 Å². The predicted octanol–water partition coefficient (Wildman–Crippen LogP) is 3.28. The Balaban J connectivity index is 1.98. The van der Waals surface area contributed by atoms with E-state index in [0.717, 1.165) is 0 Å². The van der Waals surface area contributed by atoms with E-state index >= 15 is 0 Å². The Bertz CT molecular complexity index is 727. The van der Waals surface area contributed by atoms with Gasteiger partial charge in [0, 0.05) is 0 Å². The molecule has 1 atom stereocenters. The minimum atomic E-state index is -0.724. The van der Waals surface area contributed by atoms with Crippen molar-refractivity contribution in [2.24, 2.45) is 0 Å². The molecule has 132 valence electrons. The Hall–Kier alpha value is -3.02. The van der Waals surface area contributed by atoms with Gasteiger partial charge in [-0.2, -0.15) is 0 Å². The van der Waals surface area contributed by atoms with Crippen LogP contribution in [0.3, 0.4) is 0 Å². The van der Waals surface area contributed by atoms with Crippen molar-refractivity contribution in [3.63, 3.8) is 0 Å². The molecule has 2 aromatic carbocycles. The Morgan fingerprint density at radius 2 is 1.76 bits per heavy atom. The highest BCUT2D eigenvalue weighted by Crippen LogP contribution is 2.23. The second-order valence-electron chi connectivity index (χ2n) is 5.19. The van der Waals surface area contributed by atoms with Gasteiger partial charge in [-0.15, -0.1) is 0 Å². The van der Waals surface area contributed by atoms with Crippen LogP contribution < -0.4 is 14.8 Å². The molecule has 0 bridgehead atoms. The van der Waals surface area contributed by atoms with E-state index in [9.17, 15) is 9.59 Å². The van der Waals surface area contributed by atoms with Gasteiger partial charge in [-0.3, -0.25) is 4.79 Å². The first-order chi connectivity index (χ1) is 12.0. The summed E-state index contributed by atoms with van der Waals surface area (Å²) in [5, 5.41) is 2.76. The maximum Gasteiger partial charge on any atom is 0.338 e. The third-order valence-corrected chi connectivity index (χ3v) is 3.41. The number of amides is 1. The second-order valence-corrected chi connectivity index (χ2v) is 5.19. The van der Waals surface area contributed by atoms with Crippen LogP contribution in [0.4, 0.5) is 5.69 Å². The smallest absolute Gasteiger partial charge is 0.338 e. The number of ether oxygens (including phenoxy) is 3. The lowest BCUT2D eigenvalue weighted by Gasteiger charge is -2.16. The van der Waals surface area contributed by atoms with Crippen LogP contribution in [0.2, 0.25) is 0 Å². The van der Waals surface area contributed by atoms with Crippen molar-refractivity contribution < 1.29 is 23.8 Å². The van der Waals surface area contributed by atoms with E-state index in [0.29, 0.717) is 29.4 Å². The molecule has 0 aliphatic rings.